The number of thioether (sulfide) groups is 1. The van der Waals surface area contributed by atoms with E-state index in [0.29, 0.717) is 17.5 Å². The lowest BCUT2D eigenvalue weighted by Gasteiger charge is -1.94. The molecule has 0 radical (unpaired) electrons. The standard InChI is InChI=1S/C10H13N5O2S/c1-5-3-7(6(2)16-5)9-15-14-8(17-9)4-18-10(11)13-12/h3H,4,12H2,1-2H3,(H2,11,13). The molecule has 8 heteroatoms. The summed E-state index contributed by atoms with van der Waals surface area (Å²) in [5, 5.41) is 11.5. The molecule has 0 saturated carbocycles. The van der Waals surface area contributed by atoms with Gasteiger partial charge in [-0.25, -0.2) is 0 Å². The van der Waals surface area contributed by atoms with Crippen molar-refractivity contribution in [3.05, 3.63) is 23.5 Å². The second-order valence-corrected chi connectivity index (χ2v) is 4.58. The second kappa shape index (κ2) is 5.13. The van der Waals surface area contributed by atoms with Crippen molar-refractivity contribution >= 4 is 16.9 Å². The van der Waals surface area contributed by atoms with Crippen molar-refractivity contribution in [2.45, 2.75) is 19.6 Å². The highest BCUT2D eigenvalue weighted by Gasteiger charge is 2.14. The average Bonchev–Trinajstić information content (AvgIpc) is 2.92. The molecule has 2 rings (SSSR count). The van der Waals surface area contributed by atoms with Gasteiger partial charge in [0.2, 0.25) is 5.89 Å². The highest BCUT2D eigenvalue weighted by Crippen LogP contribution is 2.26. The fraction of sp³-hybridized carbons (Fsp3) is 0.300. The minimum absolute atomic E-state index is 0.269. The summed E-state index contributed by atoms with van der Waals surface area (Å²) in [6, 6.07) is 1.86. The molecular weight excluding hydrogens is 254 g/mol. The molecule has 0 aliphatic carbocycles. The number of hydrazone groups is 1. The Labute approximate surface area is 108 Å². The van der Waals surface area contributed by atoms with Gasteiger partial charge in [0.25, 0.3) is 5.89 Å². The van der Waals surface area contributed by atoms with Gasteiger partial charge in [0.1, 0.15) is 11.5 Å². The highest BCUT2D eigenvalue weighted by molar-refractivity contribution is 8.13. The minimum Gasteiger partial charge on any atom is -0.466 e. The van der Waals surface area contributed by atoms with Crippen LogP contribution >= 0.6 is 11.8 Å². The summed E-state index contributed by atoms with van der Waals surface area (Å²) in [6.07, 6.45) is 0. The van der Waals surface area contributed by atoms with E-state index in [-0.39, 0.29) is 5.17 Å². The first-order valence-corrected chi connectivity index (χ1v) is 6.14. The van der Waals surface area contributed by atoms with E-state index in [4.69, 9.17) is 20.4 Å². The van der Waals surface area contributed by atoms with Crippen LogP contribution in [0, 0.1) is 13.8 Å². The monoisotopic (exact) mass is 267 g/mol. The Balaban J connectivity index is 2.13. The Morgan fingerprint density at radius 3 is 2.78 bits per heavy atom. The fourth-order valence-electron chi connectivity index (χ4n) is 1.44. The third-order valence-corrected chi connectivity index (χ3v) is 3.00. The highest BCUT2D eigenvalue weighted by atomic mass is 32.2. The molecule has 0 aliphatic rings. The Kier molecular flexibility index (Phi) is 3.56. The summed E-state index contributed by atoms with van der Waals surface area (Å²) in [4.78, 5) is 0. The van der Waals surface area contributed by atoms with E-state index < -0.39 is 0 Å². The van der Waals surface area contributed by atoms with Crippen LogP contribution in [0.15, 0.2) is 20.0 Å². The molecular formula is C10H13N5O2S. The lowest BCUT2D eigenvalue weighted by molar-refractivity contribution is 0.499. The second-order valence-electron chi connectivity index (χ2n) is 3.58. The van der Waals surface area contributed by atoms with E-state index in [2.05, 4.69) is 15.3 Å². The number of aromatic nitrogens is 2. The number of aryl methyl sites for hydroxylation is 2. The topological polar surface area (TPSA) is 116 Å². The van der Waals surface area contributed by atoms with E-state index in [9.17, 15) is 0 Å². The number of hydrogen-bond acceptors (Lipinski definition) is 7. The zero-order valence-corrected chi connectivity index (χ0v) is 10.8. The van der Waals surface area contributed by atoms with Gasteiger partial charge < -0.3 is 20.4 Å². The van der Waals surface area contributed by atoms with E-state index in [1.807, 2.05) is 19.9 Å². The van der Waals surface area contributed by atoms with Gasteiger partial charge >= 0.3 is 0 Å². The van der Waals surface area contributed by atoms with Crippen LogP contribution in [0.4, 0.5) is 0 Å². The molecule has 7 nitrogen and oxygen atoms in total. The molecule has 0 atom stereocenters. The molecule has 0 bridgehead atoms. The summed E-state index contributed by atoms with van der Waals surface area (Å²) >= 11 is 1.23. The molecule has 0 aromatic carbocycles. The predicted molar refractivity (Wildman–Crippen MR) is 68.6 cm³/mol. The van der Waals surface area contributed by atoms with Crippen LogP contribution in [0.3, 0.4) is 0 Å². The average molecular weight is 267 g/mol. The number of nitrogens with two attached hydrogens (primary N) is 2. The molecule has 4 N–H and O–H groups in total. The number of nitrogens with zero attached hydrogens (tertiary/aromatic N) is 3. The molecule has 0 amide bonds. The van der Waals surface area contributed by atoms with Crippen molar-refractivity contribution in [2.75, 3.05) is 0 Å². The normalized spacial score (nSPS) is 12.0. The maximum absolute atomic E-state index is 5.50. The van der Waals surface area contributed by atoms with Crippen LogP contribution in [0.1, 0.15) is 17.4 Å². The summed E-state index contributed by atoms with van der Waals surface area (Å²) in [6.45, 7) is 3.71. The van der Waals surface area contributed by atoms with Crippen LogP contribution in [0.2, 0.25) is 0 Å². The van der Waals surface area contributed by atoms with Crippen molar-refractivity contribution in [1.29, 1.82) is 0 Å². The van der Waals surface area contributed by atoms with Crippen LogP contribution in [-0.4, -0.2) is 15.4 Å². The van der Waals surface area contributed by atoms with E-state index >= 15 is 0 Å². The van der Waals surface area contributed by atoms with Crippen molar-refractivity contribution in [2.24, 2.45) is 16.7 Å². The quantitative estimate of drug-likeness (QED) is 0.373. The van der Waals surface area contributed by atoms with Gasteiger partial charge in [0.15, 0.2) is 5.17 Å². The third-order valence-electron chi connectivity index (χ3n) is 2.21. The Bertz CT molecular complexity index is 575. The van der Waals surface area contributed by atoms with E-state index in [1.54, 1.807) is 0 Å². The molecule has 18 heavy (non-hydrogen) atoms. The first-order chi connectivity index (χ1) is 8.60. The van der Waals surface area contributed by atoms with Gasteiger partial charge in [-0.05, 0) is 19.9 Å². The first kappa shape index (κ1) is 12.5. The molecule has 2 heterocycles. The van der Waals surface area contributed by atoms with Crippen LogP contribution in [0.5, 0.6) is 0 Å². The molecule has 2 aromatic rings. The summed E-state index contributed by atoms with van der Waals surface area (Å²) in [7, 11) is 0. The van der Waals surface area contributed by atoms with Crippen molar-refractivity contribution in [3.8, 4) is 11.5 Å². The lowest BCUT2D eigenvalue weighted by Crippen LogP contribution is -2.09. The number of hydrogen-bond donors (Lipinski definition) is 2. The van der Waals surface area contributed by atoms with Gasteiger partial charge in [-0.15, -0.1) is 10.2 Å². The number of furan rings is 1. The van der Waals surface area contributed by atoms with Crippen LogP contribution in [-0.2, 0) is 5.75 Å². The van der Waals surface area contributed by atoms with Gasteiger partial charge in [0.05, 0.1) is 11.3 Å². The molecule has 0 spiro atoms. The number of amidine groups is 1. The zero-order chi connectivity index (χ0) is 13.1. The fourth-order valence-corrected chi connectivity index (χ4v) is 1.90. The third kappa shape index (κ3) is 2.65. The Hall–Kier alpha value is -1.96. The first-order valence-electron chi connectivity index (χ1n) is 5.16. The van der Waals surface area contributed by atoms with Gasteiger partial charge in [-0.1, -0.05) is 11.8 Å². The van der Waals surface area contributed by atoms with Gasteiger partial charge in [-0.2, -0.15) is 5.10 Å². The Morgan fingerprint density at radius 2 is 2.17 bits per heavy atom. The number of rotatable bonds is 3. The molecule has 0 aliphatic heterocycles. The SMILES string of the molecule is Cc1cc(-c2nnc(CSC(N)=NN)o2)c(C)o1. The van der Waals surface area contributed by atoms with Crippen LogP contribution < -0.4 is 11.6 Å². The minimum atomic E-state index is 0.269. The van der Waals surface area contributed by atoms with Gasteiger partial charge in [0, 0.05) is 0 Å². The van der Waals surface area contributed by atoms with Crippen molar-refractivity contribution in [1.82, 2.24) is 10.2 Å². The van der Waals surface area contributed by atoms with Crippen LogP contribution in [0.25, 0.3) is 11.5 Å². The summed E-state index contributed by atoms with van der Waals surface area (Å²) in [5.74, 6) is 7.89. The van der Waals surface area contributed by atoms with E-state index in [0.717, 1.165) is 17.1 Å². The van der Waals surface area contributed by atoms with Crippen molar-refractivity contribution < 1.29 is 8.83 Å². The molecule has 2 aromatic heterocycles. The smallest absolute Gasteiger partial charge is 0.251 e. The lowest BCUT2D eigenvalue weighted by atomic mass is 10.2. The molecule has 0 fully saturated rings. The molecule has 0 saturated heterocycles. The molecule has 0 unspecified atom stereocenters. The van der Waals surface area contributed by atoms with Crippen molar-refractivity contribution in [3.63, 3.8) is 0 Å². The van der Waals surface area contributed by atoms with E-state index in [1.165, 1.54) is 11.8 Å². The predicted octanol–water partition coefficient (Wildman–Crippen LogP) is 1.37. The molecule has 96 valence electrons. The maximum atomic E-state index is 5.50. The largest absolute Gasteiger partial charge is 0.466 e. The Morgan fingerprint density at radius 1 is 1.39 bits per heavy atom. The zero-order valence-electron chi connectivity index (χ0n) is 10.0. The maximum Gasteiger partial charge on any atom is 0.251 e. The van der Waals surface area contributed by atoms with Gasteiger partial charge in [-0.3, -0.25) is 0 Å². The summed E-state index contributed by atoms with van der Waals surface area (Å²) < 4.78 is 10.9. The summed E-state index contributed by atoms with van der Waals surface area (Å²) in [5.41, 5.74) is 6.25.